The van der Waals surface area contributed by atoms with E-state index >= 15 is 0 Å². The lowest BCUT2D eigenvalue weighted by Crippen LogP contribution is -2.57. The second kappa shape index (κ2) is 5.87. The zero-order valence-corrected chi connectivity index (χ0v) is 11.9. The van der Waals surface area contributed by atoms with Crippen LogP contribution >= 0.6 is 0 Å². The van der Waals surface area contributed by atoms with Crippen molar-refractivity contribution < 1.29 is 5.11 Å². The number of hydrogen-bond donors (Lipinski definition) is 3. The van der Waals surface area contributed by atoms with Gasteiger partial charge < -0.3 is 16.2 Å². The molecule has 2 aliphatic rings. The highest BCUT2D eigenvalue weighted by atomic mass is 16.3. The van der Waals surface area contributed by atoms with Crippen LogP contribution in [0.1, 0.15) is 46.0 Å². The van der Waals surface area contributed by atoms with Gasteiger partial charge in [0.15, 0.2) is 0 Å². The van der Waals surface area contributed by atoms with Crippen molar-refractivity contribution in [2.24, 2.45) is 5.73 Å². The highest BCUT2D eigenvalue weighted by Crippen LogP contribution is 2.37. The number of nitrogens with one attached hydrogen (secondary N) is 1. The third-order valence-corrected chi connectivity index (χ3v) is 4.62. The normalized spacial score (nSPS) is 35.0. The monoisotopic (exact) mass is 255 g/mol. The summed E-state index contributed by atoms with van der Waals surface area (Å²) < 4.78 is 0. The van der Waals surface area contributed by atoms with Gasteiger partial charge in [-0.2, -0.15) is 0 Å². The molecule has 18 heavy (non-hydrogen) atoms. The fraction of sp³-hybridized carbons (Fsp3) is 1.00. The van der Waals surface area contributed by atoms with Gasteiger partial charge in [-0.3, -0.25) is 4.90 Å². The number of nitrogens with zero attached hydrogens (tertiary/aromatic N) is 1. The van der Waals surface area contributed by atoms with Crippen LogP contribution < -0.4 is 11.1 Å². The van der Waals surface area contributed by atoms with Crippen LogP contribution in [0.15, 0.2) is 0 Å². The standard InChI is InChI=1S/C14H29N3O/c1-3-12(6-7-18)16-14(9-15)8-11(2)17(10-14)13-4-5-13/h11-13,16,18H,3-10,15H2,1-2H3. The lowest BCUT2D eigenvalue weighted by molar-refractivity contribution is 0.213. The number of hydrogen-bond acceptors (Lipinski definition) is 4. The van der Waals surface area contributed by atoms with Gasteiger partial charge in [-0.25, -0.2) is 0 Å². The molecule has 0 bridgehead atoms. The van der Waals surface area contributed by atoms with Crippen molar-refractivity contribution in [2.75, 3.05) is 19.7 Å². The van der Waals surface area contributed by atoms with Crippen molar-refractivity contribution in [2.45, 2.75) is 69.6 Å². The SMILES string of the molecule is CCC(CCO)NC1(CN)CC(C)N(C2CC2)C1. The van der Waals surface area contributed by atoms with E-state index in [1.807, 2.05) is 0 Å². The minimum atomic E-state index is 0.0673. The number of nitrogens with two attached hydrogens (primary N) is 1. The largest absolute Gasteiger partial charge is 0.396 e. The van der Waals surface area contributed by atoms with Crippen molar-refractivity contribution in [3.05, 3.63) is 0 Å². The Kier molecular flexibility index (Phi) is 4.64. The maximum atomic E-state index is 9.12. The van der Waals surface area contributed by atoms with Crippen molar-refractivity contribution in [1.82, 2.24) is 10.2 Å². The molecule has 106 valence electrons. The molecule has 0 aromatic carbocycles. The summed E-state index contributed by atoms with van der Waals surface area (Å²) in [5.41, 5.74) is 6.13. The molecule has 2 fully saturated rings. The van der Waals surface area contributed by atoms with E-state index in [4.69, 9.17) is 10.8 Å². The maximum absolute atomic E-state index is 9.12. The molecule has 3 unspecified atom stereocenters. The minimum absolute atomic E-state index is 0.0673. The third kappa shape index (κ3) is 3.05. The zero-order valence-electron chi connectivity index (χ0n) is 11.9. The van der Waals surface area contributed by atoms with E-state index in [2.05, 4.69) is 24.1 Å². The van der Waals surface area contributed by atoms with Gasteiger partial charge in [0.05, 0.1) is 0 Å². The van der Waals surface area contributed by atoms with E-state index in [0.29, 0.717) is 18.6 Å². The number of rotatable bonds is 7. The van der Waals surface area contributed by atoms with Crippen LogP contribution in [0.3, 0.4) is 0 Å². The van der Waals surface area contributed by atoms with Gasteiger partial charge in [0.2, 0.25) is 0 Å². The van der Waals surface area contributed by atoms with E-state index < -0.39 is 0 Å². The molecule has 3 atom stereocenters. The summed E-state index contributed by atoms with van der Waals surface area (Å²) in [5.74, 6) is 0. The summed E-state index contributed by atoms with van der Waals surface area (Å²) in [6.07, 6.45) is 5.75. The van der Waals surface area contributed by atoms with E-state index in [9.17, 15) is 0 Å². The molecule has 4 nitrogen and oxygen atoms in total. The molecule has 0 spiro atoms. The molecule has 1 heterocycles. The molecule has 1 saturated heterocycles. The van der Waals surface area contributed by atoms with Gasteiger partial charge >= 0.3 is 0 Å². The lowest BCUT2D eigenvalue weighted by atomic mass is 9.94. The van der Waals surface area contributed by atoms with Gasteiger partial charge in [-0.1, -0.05) is 6.92 Å². The van der Waals surface area contributed by atoms with Gasteiger partial charge in [0, 0.05) is 43.4 Å². The Morgan fingerprint density at radius 3 is 2.72 bits per heavy atom. The number of aliphatic hydroxyl groups excluding tert-OH is 1. The summed E-state index contributed by atoms with van der Waals surface area (Å²) in [4.78, 5) is 2.63. The van der Waals surface area contributed by atoms with E-state index in [1.165, 1.54) is 12.8 Å². The Labute approximate surface area is 111 Å². The van der Waals surface area contributed by atoms with Crippen LogP contribution in [0.5, 0.6) is 0 Å². The molecule has 1 saturated carbocycles. The van der Waals surface area contributed by atoms with Crippen LogP contribution in [0.2, 0.25) is 0 Å². The summed E-state index contributed by atoms with van der Waals surface area (Å²) in [5, 5.41) is 12.9. The second-order valence-corrected chi connectivity index (χ2v) is 6.20. The highest BCUT2D eigenvalue weighted by Gasteiger charge is 2.46. The molecule has 2 rings (SSSR count). The summed E-state index contributed by atoms with van der Waals surface area (Å²) in [6.45, 7) is 6.53. The lowest BCUT2D eigenvalue weighted by Gasteiger charge is -2.34. The molecule has 0 amide bonds. The van der Waals surface area contributed by atoms with Crippen LogP contribution in [-0.4, -0.2) is 53.4 Å². The van der Waals surface area contributed by atoms with E-state index in [1.54, 1.807) is 0 Å². The smallest absolute Gasteiger partial charge is 0.0449 e. The molecule has 1 aliphatic heterocycles. The van der Waals surface area contributed by atoms with Crippen LogP contribution in [0.25, 0.3) is 0 Å². The van der Waals surface area contributed by atoms with Crippen LogP contribution in [0, 0.1) is 0 Å². The van der Waals surface area contributed by atoms with E-state index in [0.717, 1.165) is 31.8 Å². The Morgan fingerprint density at radius 2 is 2.22 bits per heavy atom. The van der Waals surface area contributed by atoms with Gasteiger partial charge in [-0.05, 0) is 39.0 Å². The summed E-state index contributed by atoms with van der Waals surface area (Å²) in [6, 6.07) is 1.85. The Bertz CT molecular complexity index is 270. The first-order valence-electron chi connectivity index (χ1n) is 7.48. The van der Waals surface area contributed by atoms with Gasteiger partial charge in [-0.15, -0.1) is 0 Å². The quantitative estimate of drug-likeness (QED) is 0.626. The molecular formula is C14H29N3O. The maximum Gasteiger partial charge on any atom is 0.0449 e. The van der Waals surface area contributed by atoms with E-state index in [-0.39, 0.29) is 12.1 Å². The fourth-order valence-corrected chi connectivity index (χ4v) is 3.43. The highest BCUT2D eigenvalue weighted by molar-refractivity contribution is 5.06. The zero-order chi connectivity index (χ0) is 13.2. The van der Waals surface area contributed by atoms with Crippen molar-refractivity contribution >= 4 is 0 Å². The average molecular weight is 255 g/mol. The molecule has 0 aromatic rings. The third-order valence-electron chi connectivity index (χ3n) is 4.62. The predicted octanol–water partition coefficient (Wildman–Crippen LogP) is 0.691. The first kappa shape index (κ1) is 14.3. The van der Waals surface area contributed by atoms with Crippen molar-refractivity contribution in [3.63, 3.8) is 0 Å². The molecule has 4 N–H and O–H groups in total. The second-order valence-electron chi connectivity index (χ2n) is 6.20. The van der Waals surface area contributed by atoms with Crippen LogP contribution in [-0.2, 0) is 0 Å². The van der Waals surface area contributed by atoms with Crippen molar-refractivity contribution in [3.8, 4) is 0 Å². The predicted molar refractivity (Wildman–Crippen MR) is 74.5 cm³/mol. The molecule has 0 radical (unpaired) electrons. The first-order chi connectivity index (χ1) is 8.64. The molecule has 0 aromatic heterocycles. The average Bonchev–Trinajstić information content (AvgIpc) is 3.14. The van der Waals surface area contributed by atoms with Crippen molar-refractivity contribution in [1.29, 1.82) is 0 Å². The minimum Gasteiger partial charge on any atom is -0.396 e. The van der Waals surface area contributed by atoms with Gasteiger partial charge in [0.25, 0.3) is 0 Å². The topological polar surface area (TPSA) is 61.5 Å². The first-order valence-corrected chi connectivity index (χ1v) is 7.48. The molecule has 4 heteroatoms. The fourth-order valence-electron chi connectivity index (χ4n) is 3.43. The number of aliphatic hydroxyl groups is 1. The van der Waals surface area contributed by atoms with Gasteiger partial charge in [0.1, 0.15) is 0 Å². The number of likely N-dealkylation sites (tertiary alicyclic amines) is 1. The molecule has 1 aliphatic carbocycles. The summed E-state index contributed by atoms with van der Waals surface area (Å²) in [7, 11) is 0. The summed E-state index contributed by atoms with van der Waals surface area (Å²) >= 11 is 0. The molecular weight excluding hydrogens is 226 g/mol. The van der Waals surface area contributed by atoms with Crippen LogP contribution in [0.4, 0.5) is 0 Å². The Hall–Kier alpha value is -0.160. The Balaban J connectivity index is 1.97. The Morgan fingerprint density at radius 1 is 1.50 bits per heavy atom.